The lowest BCUT2D eigenvalue weighted by Crippen LogP contribution is -2.55. The van der Waals surface area contributed by atoms with Crippen molar-refractivity contribution in [3.8, 4) is 11.1 Å². The molecule has 2 bridgehead atoms. The van der Waals surface area contributed by atoms with E-state index in [2.05, 4.69) is 87.0 Å². The normalized spacial score (nSPS) is 22.6. The van der Waals surface area contributed by atoms with E-state index in [4.69, 9.17) is 14.7 Å². The number of alkyl carbamates (subject to hydrolysis) is 1. The fourth-order valence-electron chi connectivity index (χ4n) is 11.3. The van der Waals surface area contributed by atoms with Crippen LogP contribution in [0.2, 0.25) is 0 Å². The molecule has 11 rings (SSSR count). The molecular weight excluding hydrogens is 817 g/mol. The summed E-state index contributed by atoms with van der Waals surface area (Å²) in [6.07, 6.45) is 5.61. The number of H-pyrrole nitrogens is 2. The van der Waals surface area contributed by atoms with Crippen molar-refractivity contribution in [1.82, 2.24) is 40.4 Å². The molecule has 0 spiro atoms. The van der Waals surface area contributed by atoms with Crippen molar-refractivity contribution >= 4 is 67.4 Å². The molecule has 7 aromatic rings. The molecular formula is C52H54N8O5. The quantitative estimate of drug-likeness (QED) is 0.107. The fraction of sp³-hybridized carbons (Fsp3) is 0.385. The largest absolute Gasteiger partial charge is 0.453 e. The van der Waals surface area contributed by atoms with Gasteiger partial charge in [0.25, 0.3) is 5.91 Å². The van der Waals surface area contributed by atoms with Gasteiger partial charge in [0.05, 0.1) is 35.2 Å². The van der Waals surface area contributed by atoms with Crippen LogP contribution in [0, 0.1) is 17.8 Å². The van der Waals surface area contributed by atoms with E-state index in [0.717, 1.165) is 117 Å². The van der Waals surface area contributed by atoms with E-state index in [1.165, 1.54) is 7.11 Å². The van der Waals surface area contributed by atoms with Gasteiger partial charge in [-0.3, -0.25) is 14.4 Å². The highest BCUT2D eigenvalue weighted by atomic mass is 16.5. The Bertz CT molecular complexity index is 3050. The van der Waals surface area contributed by atoms with Gasteiger partial charge in [-0.2, -0.15) is 0 Å². The van der Waals surface area contributed by atoms with Gasteiger partial charge in [-0.05, 0) is 115 Å². The number of carbonyl (C=O) groups excluding carboxylic acids is 4. The predicted molar refractivity (Wildman–Crippen MR) is 249 cm³/mol. The number of benzene rings is 5. The second-order valence-electron chi connectivity index (χ2n) is 19.2. The van der Waals surface area contributed by atoms with Crippen LogP contribution in [0.4, 0.5) is 4.79 Å². The molecule has 5 aromatic carbocycles. The number of amides is 4. The number of ether oxygens (including phenoxy) is 1. The maximum Gasteiger partial charge on any atom is 0.407 e. The lowest BCUT2D eigenvalue weighted by molar-refractivity contribution is -0.145. The van der Waals surface area contributed by atoms with Crippen molar-refractivity contribution in [1.29, 1.82) is 0 Å². The number of imidazole rings is 2. The molecule has 4 N–H and O–H groups in total. The maximum absolute atomic E-state index is 14.9. The highest BCUT2D eigenvalue weighted by molar-refractivity contribution is 6.08. The van der Waals surface area contributed by atoms with Gasteiger partial charge in [-0.1, -0.05) is 80.6 Å². The number of carbonyl (C=O) groups is 4. The Kier molecular flexibility index (Phi) is 9.92. The van der Waals surface area contributed by atoms with Crippen molar-refractivity contribution in [3.05, 3.63) is 108 Å². The number of aromatic nitrogens is 4. The summed E-state index contributed by atoms with van der Waals surface area (Å²) in [4.78, 5) is 75.3. The summed E-state index contributed by atoms with van der Waals surface area (Å²) in [7, 11) is 1.30. The monoisotopic (exact) mass is 870 g/mol. The Morgan fingerprint density at radius 3 is 2.11 bits per heavy atom. The number of nitrogens with zero attached hydrogens (tertiary/aromatic N) is 4. The van der Waals surface area contributed by atoms with Crippen LogP contribution in [0.25, 0.3) is 54.7 Å². The molecule has 2 aromatic heterocycles. The van der Waals surface area contributed by atoms with Gasteiger partial charge < -0.3 is 35.1 Å². The topological polar surface area (TPSA) is 165 Å². The number of hydrogen-bond acceptors (Lipinski definition) is 7. The number of rotatable bonds is 10. The molecule has 2 aliphatic carbocycles. The summed E-state index contributed by atoms with van der Waals surface area (Å²) >= 11 is 0. The molecule has 13 heteroatoms. The second-order valence-corrected chi connectivity index (χ2v) is 19.2. The zero-order chi connectivity index (χ0) is 44.7. The number of piperidine rings is 1. The Balaban J connectivity index is 0.880. The number of likely N-dealkylation sites (tertiary alicyclic amines) is 2. The predicted octanol–water partition coefficient (Wildman–Crippen LogP) is 8.95. The van der Waals surface area contributed by atoms with Crippen molar-refractivity contribution < 1.29 is 23.9 Å². The summed E-state index contributed by atoms with van der Waals surface area (Å²) < 4.78 is 4.81. The average Bonchev–Trinajstić information content (AvgIpc) is 3.79. The molecule has 332 valence electrons. The second kappa shape index (κ2) is 15.7. The van der Waals surface area contributed by atoms with Gasteiger partial charge in [0.2, 0.25) is 11.8 Å². The van der Waals surface area contributed by atoms with Crippen LogP contribution >= 0.6 is 0 Å². The van der Waals surface area contributed by atoms with Crippen LogP contribution in [-0.2, 0) is 24.7 Å². The van der Waals surface area contributed by atoms with Gasteiger partial charge in [0.15, 0.2) is 0 Å². The lowest BCUT2D eigenvalue weighted by atomic mass is 9.83. The Hall–Kier alpha value is -6.76. The Labute approximate surface area is 376 Å². The molecule has 2 aliphatic heterocycles. The highest BCUT2D eigenvalue weighted by Gasteiger charge is 2.59. The van der Waals surface area contributed by atoms with Gasteiger partial charge >= 0.3 is 6.09 Å². The van der Waals surface area contributed by atoms with E-state index in [0.29, 0.717) is 6.54 Å². The zero-order valence-corrected chi connectivity index (χ0v) is 37.2. The molecule has 4 fully saturated rings. The first-order valence-corrected chi connectivity index (χ1v) is 23.2. The van der Waals surface area contributed by atoms with Crippen molar-refractivity contribution in [2.24, 2.45) is 17.8 Å². The molecule has 4 amide bonds. The van der Waals surface area contributed by atoms with Gasteiger partial charge in [-0.25, -0.2) is 14.8 Å². The first-order chi connectivity index (χ1) is 31.5. The molecule has 6 atom stereocenters. The van der Waals surface area contributed by atoms with Crippen LogP contribution in [0.3, 0.4) is 0 Å². The smallest absolute Gasteiger partial charge is 0.407 e. The van der Waals surface area contributed by atoms with Crippen LogP contribution in [0.5, 0.6) is 0 Å². The van der Waals surface area contributed by atoms with Crippen LogP contribution in [0.15, 0.2) is 91.0 Å². The number of aromatic amines is 2. The third kappa shape index (κ3) is 6.89. The summed E-state index contributed by atoms with van der Waals surface area (Å²) in [5, 5.41) is 10.1. The molecule has 2 saturated heterocycles. The number of fused-ring (bicyclic) bond motifs is 8. The van der Waals surface area contributed by atoms with Crippen molar-refractivity contribution in [2.45, 2.75) is 95.4 Å². The van der Waals surface area contributed by atoms with E-state index in [-0.39, 0.29) is 47.6 Å². The third-order valence-corrected chi connectivity index (χ3v) is 14.9. The average molecular weight is 871 g/mol. The molecule has 65 heavy (non-hydrogen) atoms. The first-order valence-electron chi connectivity index (χ1n) is 23.2. The van der Waals surface area contributed by atoms with E-state index in [9.17, 15) is 19.2 Å². The van der Waals surface area contributed by atoms with E-state index in [1.807, 2.05) is 55.1 Å². The van der Waals surface area contributed by atoms with E-state index < -0.39 is 23.7 Å². The minimum absolute atomic E-state index is 0.0130. The molecule has 13 nitrogen and oxygen atoms in total. The lowest BCUT2D eigenvalue weighted by Gasteiger charge is -2.44. The number of methoxy groups -OCH3 is 1. The molecule has 4 aliphatic rings. The number of hydrogen-bond donors (Lipinski definition) is 4. The van der Waals surface area contributed by atoms with Crippen LogP contribution < -0.4 is 10.6 Å². The van der Waals surface area contributed by atoms with Gasteiger partial charge in [-0.15, -0.1) is 0 Å². The number of nitrogens with one attached hydrogen (secondary N) is 4. The van der Waals surface area contributed by atoms with Crippen LogP contribution in [-0.4, -0.2) is 79.3 Å². The zero-order valence-electron chi connectivity index (χ0n) is 37.2. The summed E-state index contributed by atoms with van der Waals surface area (Å²) in [6, 6.07) is 29.4. The fourth-order valence-corrected chi connectivity index (χ4v) is 11.3. The van der Waals surface area contributed by atoms with E-state index >= 15 is 0 Å². The van der Waals surface area contributed by atoms with E-state index in [1.54, 1.807) is 0 Å². The molecule has 0 unspecified atom stereocenters. The Morgan fingerprint density at radius 2 is 1.45 bits per heavy atom. The summed E-state index contributed by atoms with van der Waals surface area (Å²) in [6.45, 7) is 6.58. The summed E-state index contributed by atoms with van der Waals surface area (Å²) in [5.41, 5.74) is 5.87. The minimum Gasteiger partial charge on any atom is -0.453 e. The van der Waals surface area contributed by atoms with Gasteiger partial charge in [0, 0.05) is 29.3 Å². The SMILES string of the molecule is COC(=O)N[C@H](C(=O)N1CCC[C@H]1c1nc2ccc3cc(-c4ccc5c(ccc6nc([C@]7(C)[C@H]8CC[C@H](C8)N7C(=O)[C@H](NC(=O)C7CC7)c7ccccc7)[nH]c65)c4)ccc3c2[nH]1)C(C)C. The maximum atomic E-state index is 14.9. The Morgan fingerprint density at radius 1 is 0.769 bits per heavy atom. The van der Waals surface area contributed by atoms with Gasteiger partial charge in [0.1, 0.15) is 29.3 Å². The van der Waals surface area contributed by atoms with Crippen molar-refractivity contribution in [2.75, 3.05) is 13.7 Å². The minimum atomic E-state index is -0.758. The third-order valence-electron chi connectivity index (χ3n) is 14.9. The molecule has 2 saturated carbocycles. The van der Waals surface area contributed by atoms with Crippen LogP contribution in [0.1, 0.15) is 95.0 Å². The molecule has 0 radical (unpaired) electrons. The highest BCUT2D eigenvalue weighted by Crippen LogP contribution is 2.55. The summed E-state index contributed by atoms with van der Waals surface area (Å²) in [5.74, 6) is 1.40. The first kappa shape index (κ1) is 41.0. The van der Waals surface area contributed by atoms with Crippen molar-refractivity contribution in [3.63, 3.8) is 0 Å². The molecule has 4 heterocycles. The standard InChI is InChI=1S/C52H54N8O5/c1-28(2)42(58-51(64)65-4)48(62)59-24-8-11-41(59)46-53-39-22-16-33-25-31(14-20-37(33)44(39)55-46)32-15-21-38-34(26-32)17-23-40-45(38)57-50(54-40)52(3)35-18-19-36(27-35)60(52)49(63)43(29-9-6-5-7-10-29)56-47(61)30-12-13-30/h5-7,9-10,14-17,20-23,25-26,28,30,35-36,41-43H,8,11-13,18-19,24,27H2,1-4H3,(H,53,55)(H,54,57)(H,56,61)(H,58,64)/t35-,36+,41-,42-,43+,52-/m0/s1.